The van der Waals surface area contributed by atoms with Crippen LogP contribution in [0.25, 0.3) is 0 Å². The Labute approximate surface area is 136 Å². The van der Waals surface area contributed by atoms with E-state index in [0.717, 1.165) is 5.69 Å². The maximum Gasteiger partial charge on any atom is 0.412 e. The van der Waals surface area contributed by atoms with Crippen molar-refractivity contribution in [3.8, 4) is 0 Å². The molecule has 0 aromatic carbocycles. The second kappa shape index (κ2) is 9.78. The number of likely N-dealkylation sites (N-methyl/N-ethyl adjacent to an activating group) is 1. The molecule has 0 aliphatic heterocycles. The zero-order chi connectivity index (χ0) is 17.2. The number of amides is 1. The molecule has 7 nitrogen and oxygen atoms in total. The topological polar surface area (TPSA) is 94.8 Å². The van der Waals surface area contributed by atoms with E-state index >= 15 is 0 Å². The van der Waals surface area contributed by atoms with Gasteiger partial charge in [0.05, 0.1) is 0 Å². The molecule has 0 fully saturated rings. The fourth-order valence-electron chi connectivity index (χ4n) is 1.88. The number of carbonyl (C=O) groups is 2. The zero-order valence-corrected chi connectivity index (χ0v) is 13.9. The summed E-state index contributed by atoms with van der Waals surface area (Å²) in [6.07, 6.45) is 2.28. The van der Waals surface area contributed by atoms with E-state index in [-0.39, 0.29) is 5.92 Å². The lowest BCUT2D eigenvalue weighted by molar-refractivity contribution is -0.154. The van der Waals surface area contributed by atoms with Crippen molar-refractivity contribution >= 4 is 12.1 Å². The Kier molecular flexibility index (Phi) is 8.04. The number of carbonyl (C=O) groups excluding carboxylic acids is 2. The van der Waals surface area contributed by atoms with Crippen LogP contribution in [0.2, 0.25) is 0 Å². The lowest BCUT2D eigenvalue weighted by atomic mass is 10.1. The molecule has 0 aliphatic rings. The van der Waals surface area contributed by atoms with Gasteiger partial charge in [-0.05, 0) is 24.5 Å². The smallest absolute Gasteiger partial charge is 0.412 e. The first kappa shape index (κ1) is 18.9. The Morgan fingerprint density at radius 3 is 2.65 bits per heavy atom. The van der Waals surface area contributed by atoms with Gasteiger partial charge in [-0.15, -0.1) is 0 Å². The van der Waals surface area contributed by atoms with Gasteiger partial charge in [0.1, 0.15) is 6.04 Å². The molecule has 1 aromatic heterocycles. The predicted octanol–water partition coefficient (Wildman–Crippen LogP) is 1.57. The maximum atomic E-state index is 11.8. The quantitative estimate of drug-likeness (QED) is 0.576. The monoisotopic (exact) mass is 323 g/mol. The van der Waals surface area contributed by atoms with Gasteiger partial charge in [-0.2, -0.15) is 0 Å². The van der Waals surface area contributed by atoms with Gasteiger partial charge < -0.3 is 20.1 Å². The van der Waals surface area contributed by atoms with Crippen LogP contribution < -0.4 is 5.73 Å². The fourth-order valence-corrected chi connectivity index (χ4v) is 1.88. The van der Waals surface area contributed by atoms with Crippen molar-refractivity contribution < 1.29 is 19.1 Å². The molecule has 7 heteroatoms. The van der Waals surface area contributed by atoms with Crippen LogP contribution in [-0.2, 0) is 20.7 Å². The van der Waals surface area contributed by atoms with E-state index in [9.17, 15) is 9.59 Å². The third-order valence-corrected chi connectivity index (χ3v) is 3.15. The number of nitrogens with zero attached hydrogens (tertiary/aromatic N) is 2. The van der Waals surface area contributed by atoms with Gasteiger partial charge in [0.15, 0.2) is 0 Å². The molecule has 0 spiro atoms. The summed E-state index contributed by atoms with van der Waals surface area (Å²) >= 11 is 0. The standard InChI is InChI=1S/C16H25N3O4/c1-12(2)10-14(17)15(20)22-11-23-16(21)19(3)9-7-13-6-4-5-8-18-13/h4-6,8,12,14H,7,9-11,17H2,1-3H3. The largest absolute Gasteiger partial charge is 0.427 e. The normalized spacial score (nSPS) is 11.9. The van der Waals surface area contributed by atoms with Gasteiger partial charge in [-0.3, -0.25) is 9.78 Å². The third kappa shape index (κ3) is 7.60. The average molecular weight is 323 g/mol. The minimum Gasteiger partial charge on any atom is -0.427 e. The summed E-state index contributed by atoms with van der Waals surface area (Å²) in [6.45, 7) is 3.95. The molecule has 1 amide bonds. The molecule has 23 heavy (non-hydrogen) atoms. The number of pyridine rings is 1. The summed E-state index contributed by atoms with van der Waals surface area (Å²) < 4.78 is 9.73. The van der Waals surface area contributed by atoms with Crippen LogP contribution in [0.15, 0.2) is 24.4 Å². The van der Waals surface area contributed by atoms with Crippen LogP contribution in [0.5, 0.6) is 0 Å². The molecule has 1 atom stereocenters. The van der Waals surface area contributed by atoms with E-state index in [0.29, 0.717) is 19.4 Å². The number of esters is 1. The Morgan fingerprint density at radius 1 is 1.30 bits per heavy atom. The lowest BCUT2D eigenvalue weighted by Crippen LogP contribution is -2.35. The predicted molar refractivity (Wildman–Crippen MR) is 85.4 cm³/mol. The number of hydrogen-bond donors (Lipinski definition) is 1. The highest BCUT2D eigenvalue weighted by Gasteiger charge is 2.17. The summed E-state index contributed by atoms with van der Waals surface area (Å²) in [5.41, 5.74) is 6.56. The number of ether oxygens (including phenoxy) is 2. The lowest BCUT2D eigenvalue weighted by Gasteiger charge is -2.17. The summed E-state index contributed by atoms with van der Waals surface area (Å²) in [4.78, 5) is 28.9. The fraction of sp³-hybridized carbons (Fsp3) is 0.562. The van der Waals surface area contributed by atoms with Crippen LogP contribution in [0.3, 0.4) is 0 Å². The highest BCUT2D eigenvalue weighted by atomic mass is 16.7. The van der Waals surface area contributed by atoms with Gasteiger partial charge in [0.25, 0.3) is 0 Å². The van der Waals surface area contributed by atoms with Gasteiger partial charge in [-0.25, -0.2) is 4.79 Å². The Hall–Kier alpha value is -2.15. The first-order valence-electron chi connectivity index (χ1n) is 7.60. The van der Waals surface area contributed by atoms with Crippen molar-refractivity contribution in [3.05, 3.63) is 30.1 Å². The van der Waals surface area contributed by atoms with Crippen molar-refractivity contribution in [1.29, 1.82) is 0 Å². The summed E-state index contributed by atoms with van der Waals surface area (Å²) in [5, 5.41) is 0. The zero-order valence-electron chi connectivity index (χ0n) is 13.9. The summed E-state index contributed by atoms with van der Waals surface area (Å²) in [7, 11) is 1.61. The second-order valence-electron chi connectivity index (χ2n) is 5.72. The van der Waals surface area contributed by atoms with E-state index in [2.05, 4.69) is 4.98 Å². The van der Waals surface area contributed by atoms with Crippen LogP contribution in [0.4, 0.5) is 4.79 Å². The molecule has 0 aliphatic carbocycles. The van der Waals surface area contributed by atoms with Crippen LogP contribution in [-0.4, -0.2) is 48.4 Å². The molecule has 1 heterocycles. The average Bonchev–Trinajstić information content (AvgIpc) is 2.52. The maximum absolute atomic E-state index is 11.8. The molecule has 0 saturated heterocycles. The SMILES string of the molecule is CC(C)CC(N)C(=O)OCOC(=O)N(C)CCc1ccccn1. The molecule has 2 N–H and O–H groups in total. The number of hydrogen-bond acceptors (Lipinski definition) is 6. The summed E-state index contributed by atoms with van der Waals surface area (Å²) in [5.74, 6) is -0.277. The Morgan fingerprint density at radius 2 is 2.04 bits per heavy atom. The number of rotatable bonds is 8. The van der Waals surface area contributed by atoms with Gasteiger partial charge in [-0.1, -0.05) is 19.9 Å². The molecular formula is C16H25N3O4. The van der Waals surface area contributed by atoms with Crippen molar-refractivity contribution in [3.63, 3.8) is 0 Å². The van der Waals surface area contributed by atoms with E-state index in [1.165, 1.54) is 4.90 Å². The second-order valence-corrected chi connectivity index (χ2v) is 5.72. The number of aromatic nitrogens is 1. The molecule has 128 valence electrons. The Bertz CT molecular complexity index is 493. The molecular weight excluding hydrogens is 298 g/mol. The van der Waals surface area contributed by atoms with Crippen LogP contribution in [0.1, 0.15) is 26.0 Å². The van der Waals surface area contributed by atoms with E-state index < -0.39 is 24.9 Å². The molecule has 0 saturated carbocycles. The molecule has 0 bridgehead atoms. The highest BCUT2D eigenvalue weighted by Crippen LogP contribution is 2.04. The first-order chi connectivity index (χ1) is 10.9. The Balaban J connectivity index is 2.23. The van der Waals surface area contributed by atoms with Crippen molar-refractivity contribution in [1.82, 2.24) is 9.88 Å². The van der Waals surface area contributed by atoms with Gasteiger partial charge in [0, 0.05) is 31.9 Å². The minimum atomic E-state index is -0.699. The van der Waals surface area contributed by atoms with Crippen molar-refractivity contribution in [2.45, 2.75) is 32.7 Å². The first-order valence-corrected chi connectivity index (χ1v) is 7.60. The third-order valence-electron chi connectivity index (χ3n) is 3.15. The molecule has 1 unspecified atom stereocenters. The number of nitrogens with two attached hydrogens (primary N) is 1. The van der Waals surface area contributed by atoms with Crippen molar-refractivity contribution in [2.24, 2.45) is 11.7 Å². The highest BCUT2D eigenvalue weighted by molar-refractivity contribution is 5.75. The van der Waals surface area contributed by atoms with E-state index in [1.807, 2.05) is 32.0 Å². The molecule has 1 rings (SSSR count). The van der Waals surface area contributed by atoms with E-state index in [4.69, 9.17) is 15.2 Å². The van der Waals surface area contributed by atoms with Crippen molar-refractivity contribution in [2.75, 3.05) is 20.4 Å². The molecule has 1 aromatic rings. The van der Waals surface area contributed by atoms with Gasteiger partial charge in [0.2, 0.25) is 6.79 Å². The van der Waals surface area contributed by atoms with E-state index in [1.54, 1.807) is 13.2 Å². The van der Waals surface area contributed by atoms with Gasteiger partial charge >= 0.3 is 12.1 Å². The minimum absolute atomic E-state index is 0.290. The van der Waals surface area contributed by atoms with Crippen LogP contribution >= 0.6 is 0 Å². The summed E-state index contributed by atoms with van der Waals surface area (Å²) in [6, 6.07) is 4.91. The van der Waals surface area contributed by atoms with Crippen LogP contribution in [0, 0.1) is 5.92 Å². The molecule has 0 radical (unpaired) electrons.